The first-order chi connectivity index (χ1) is 11.0. The Bertz CT molecular complexity index is 568. The van der Waals surface area contributed by atoms with Crippen molar-refractivity contribution in [2.24, 2.45) is 0 Å². The highest BCUT2D eigenvalue weighted by Gasteiger charge is 2.42. The molecule has 1 saturated heterocycles. The van der Waals surface area contributed by atoms with Gasteiger partial charge in [0.2, 0.25) is 0 Å². The summed E-state index contributed by atoms with van der Waals surface area (Å²) in [6, 6.07) is 3.17. The Balaban J connectivity index is 2.64. The summed E-state index contributed by atoms with van der Waals surface area (Å²) in [4.78, 5) is 12.5. The van der Waals surface area contributed by atoms with E-state index in [-0.39, 0.29) is 24.1 Å². The molecule has 0 saturated carbocycles. The number of ether oxygens (including phenoxy) is 1. The summed E-state index contributed by atoms with van der Waals surface area (Å²) in [6.45, 7) is 4.91. The van der Waals surface area contributed by atoms with Crippen LogP contribution in [-0.4, -0.2) is 37.7 Å². The van der Waals surface area contributed by atoms with Gasteiger partial charge in [-0.25, -0.2) is 4.39 Å². The zero-order chi connectivity index (χ0) is 17.0. The molecule has 1 atom stereocenters. The van der Waals surface area contributed by atoms with E-state index in [0.29, 0.717) is 43.7 Å². The van der Waals surface area contributed by atoms with E-state index in [1.54, 1.807) is 6.92 Å². The Morgan fingerprint density at radius 1 is 1.43 bits per heavy atom. The quantitative estimate of drug-likeness (QED) is 0.845. The van der Waals surface area contributed by atoms with Gasteiger partial charge in [-0.1, -0.05) is 6.92 Å². The highest BCUT2D eigenvalue weighted by atomic mass is 19.1. The second-order valence-corrected chi connectivity index (χ2v) is 6.38. The number of aliphatic hydroxyl groups is 1. The molecule has 128 valence electrons. The second-order valence-electron chi connectivity index (χ2n) is 6.38. The van der Waals surface area contributed by atoms with Gasteiger partial charge >= 0.3 is 0 Å². The van der Waals surface area contributed by atoms with Gasteiger partial charge in [0.1, 0.15) is 17.3 Å². The van der Waals surface area contributed by atoms with Gasteiger partial charge in [0.05, 0.1) is 12.5 Å². The summed E-state index contributed by atoms with van der Waals surface area (Å²) in [6.07, 6.45) is 1.70. The Kier molecular flexibility index (Phi) is 5.76. The molecule has 1 unspecified atom stereocenters. The van der Waals surface area contributed by atoms with E-state index in [4.69, 9.17) is 4.74 Å². The number of benzene rings is 1. The lowest BCUT2D eigenvalue weighted by atomic mass is 9.67. The number of hydrogen-bond acceptors (Lipinski definition) is 4. The molecule has 2 N–H and O–H groups in total. The fraction of sp³-hybridized carbons (Fsp3) is 0.611. The summed E-state index contributed by atoms with van der Waals surface area (Å²) < 4.78 is 20.2. The third kappa shape index (κ3) is 3.40. The van der Waals surface area contributed by atoms with Gasteiger partial charge in [-0.3, -0.25) is 4.79 Å². The van der Waals surface area contributed by atoms with Crippen LogP contribution in [0.4, 0.5) is 4.39 Å². The van der Waals surface area contributed by atoms with Gasteiger partial charge in [0.25, 0.3) is 0 Å². The first-order valence-corrected chi connectivity index (χ1v) is 8.16. The molecule has 0 radical (unpaired) electrons. The van der Waals surface area contributed by atoms with Crippen molar-refractivity contribution in [3.63, 3.8) is 0 Å². The maximum Gasteiger partial charge on any atom is 0.140 e. The lowest BCUT2D eigenvalue weighted by molar-refractivity contribution is -0.123. The number of Topliss-reactive ketones (excluding diaryl/α,β-unsaturated/α-hetero) is 1. The minimum Gasteiger partial charge on any atom is -0.497 e. The highest BCUT2D eigenvalue weighted by Crippen LogP contribution is 2.42. The number of piperidine rings is 1. The van der Waals surface area contributed by atoms with Crippen molar-refractivity contribution in [1.82, 2.24) is 5.32 Å². The summed E-state index contributed by atoms with van der Waals surface area (Å²) in [7, 11) is 1.50. The molecule has 0 aliphatic carbocycles. The fourth-order valence-electron chi connectivity index (χ4n) is 3.59. The number of carbonyl (C=O) groups is 1. The monoisotopic (exact) mass is 323 g/mol. The zero-order valence-electron chi connectivity index (χ0n) is 14.1. The maximum atomic E-state index is 15.0. The SMILES string of the molecule is COc1cc(F)c(C2(C(C)=O)CCNCC2)c(C(C)CCO)c1. The molecule has 1 fully saturated rings. The van der Waals surface area contributed by atoms with E-state index in [1.165, 1.54) is 13.2 Å². The summed E-state index contributed by atoms with van der Waals surface area (Å²) in [5.74, 6) is 0.00569. The van der Waals surface area contributed by atoms with Crippen LogP contribution in [0.5, 0.6) is 5.75 Å². The van der Waals surface area contributed by atoms with Crippen LogP contribution in [0.2, 0.25) is 0 Å². The van der Waals surface area contributed by atoms with Crippen molar-refractivity contribution in [2.45, 2.75) is 44.4 Å². The van der Waals surface area contributed by atoms with Crippen LogP contribution in [0.15, 0.2) is 12.1 Å². The van der Waals surface area contributed by atoms with Crippen molar-refractivity contribution in [3.8, 4) is 5.75 Å². The van der Waals surface area contributed by atoms with Crippen molar-refractivity contribution < 1.29 is 19.0 Å². The highest BCUT2D eigenvalue weighted by molar-refractivity contribution is 5.89. The molecule has 1 heterocycles. The largest absolute Gasteiger partial charge is 0.497 e. The minimum absolute atomic E-state index is 0.000477. The van der Waals surface area contributed by atoms with Gasteiger partial charge < -0.3 is 15.2 Å². The average Bonchev–Trinajstić information content (AvgIpc) is 2.54. The molecule has 23 heavy (non-hydrogen) atoms. The number of halogens is 1. The second kappa shape index (κ2) is 7.41. The molecule has 1 aliphatic heterocycles. The van der Waals surface area contributed by atoms with Crippen LogP contribution in [0.1, 0.15) is 50.2 Å². The van der Waals surface area contributed by atoms with Gasteiger partial charge in [-0.05, 0) is 56.8 Å². The van der Waals surface area contributed by atoms with Crippen molar-refractivity contribution in [3.05, 3.63) is 29.1 Å². The van der Waals surface area contributed by atoms with E-state index in [0.717, 1.165) is 5.56 Å². The van der Waals surface area contributed by atoms with Crippen molar-refractivity contribution in [2.75, 3.05) is 26.8 Å². The lowest BCUT2D eigenvalue weighted by Crippen LogP contribution is -2.46. The third-order valence-corrected chi connectivity index (χ3v) is 5.03. The summed E-state index contributed by atoms with van der Waals surface area (Å²) in [5, 5.41) is 12.5. The molecule has 4 nitrogen and oxygen atoms in total. The number of methoxy groups -OCH3 is 1. The summed E-state index contributed by atoms with van der Waals surface area (Å²) >= 11 is 0. The van der Waals surface area contributed by atoms with Gasteiger partial charge in [-0.15, -0.1) is 0 Å². The van der Waals surface area contributed by atoms with Gasteiger partial charge in [0, 0.05) is 18.2 Å². The molecule has 1 aliphatic rings. The van der Waals surface area contributed by atoms with Crippen LogP contribution >= 0.6 is 0 Å². The molecule has 5 heteroatoms. The number of rotatable bonds is 6. The number of ketones is 1. The smallest absolute Gasteiger partial charge is 0.140 e. The summed E-state index contributed by atoms with van der Waals surface area (Å²) in [5.41, 5.74) is 0.474. The maximum absolute atomic E-state index is 15.0. The van der Waals surface area contributed by atoms with Gasteiger partial charge in [0.15, 0.2) is 0 Å². The Hall–Kier alpha value is -1.46. The number of hydrogen-bond donors (Lipinski definition) is 2. The molecule has 0 bridgehead atoms. The van der Waals surface area contributed by atoms with Crippen LogP contribution < -0.4 is 10.1 Å². The van der Waals surface area contributed by atoms with E-state index < -0.39 is 5.41 Å². The first kappa shape index (κ1) is 17.9. The van der Waals surface area contributed by atoms with Crippen molar-refractivity contribution in [1.29, 1.82) is 0 Å². The van der Waals surface area contributed by atoms with Crippen LogP contribution in [0, 0.1) is 5.82 Å². The van der Waals surface area contributed by atoms with Crippen LogP contribution in [-0.2, 0) is 10.2 Å². The normalized spacial score (nSPS) is 18.5. The first-order valence-electron chi connectivity index (χ1n) is 8.16. The van der Waals surface area contributed by atoms with E-state index in [2.05, 4.69) is 5.32 Å². The molecular formula is C18H26FNO3. The van der Waals surface area contributed by atoms with Gasteiger partial charge in [-0.2, -0.15) is 0 Å². The topological polar surface area (TPSA) is 58.6 Å². The fourth-order valence-corrected chi connectivity index (χ4v) is 3.59. The number of nitrogens with one attached hydrogen (secondary N) is 1. The van der Waals surface area contributed by atoms with Crippen molar-refractivity contribution >= 4 is 5.78 Å². The zero-order valence-corrected chi connectivity index (χ0v) is 14.1. The number of aliphatic hydroxyl groups excluding tert-OH is 1. The lowest BCUT2D eigenvalue weighted by Gasteiger charge is -2.38. The van der Waals surface area contributed by atoms with E-state index in [9.17, 15) is 14.3 Å². The standard InChI is InChI=1S/C18H26FNO3/c1-12(4-9-21)15-10-14(23-3)11-16(19)17(15)18(13(2)22)5-7-20-8-6-18/h10-12,20-21H,4-9H2,1-3H3. The van der Waals surface area contributed by atoms with E-state index >= 15 is 0 Å². The molecule has 1 aromatic rings. The molecule has 1 aromatic carbocycles. The Labute approximate surface area is 137 Å². The Morgan fingerprint density at radius 3 is 2.61 bits per heavy atom. The predicted molar refractivity (Wildman–Crippen MR) is 87.5 cm³/mol. The predicted octanol–water partition coefficient (Wildman–Crippen LogP) is 2.53. The molecular weight excluding hydrogens is 297 g/mol. The number of carbonyl (C=O) groups excluding carboxylic acids is 1. The average molecular weight is 323 g/mol. The minimum atomic E-state index is -0.791. The Morgan fingerprint density at radius 2 is 2.09 bits per heavy atom. The molecule has 0 amide bonds. The van der Waals surface area contributed by atoms with Crippen LogP contribution in [0.25, 0.3) is 0 Å². The molecule has 0 aromatic heterocycles. The van der Waals surface area contributed by atoms with Crippen LogP contribution in [0.3, 0.4) is 0 Å². The van der Waals surface area contributed by atoms with E-state index in [1.807, 2.05) is 13.0 Å². The molecule has 2 rings (SSSR count). The molecule has 0 spiro atoms. The third-order valence-electron chi connectivity index (χ3n) is 5.03.